The molecule has 2 saturated heterocycles. The summed E-state index contributed by atoms with van der Waals surface area (Å²) in [6.45, 7) is 3.79. The van der Waals surface area contributed by atoms with Gasteiger partial charge in [0.15, 0.2) is 9.84 Å². The van der Waals surface area contributed by atoms with Crippen molar-refractivity contribution in [1.82, 2.24) is 15.1 Å². The highest BCUT2D eigenvalue weighted by Crippen LogP contribution is 2.42. The van der Waals surface area contributed by atoms with Gasteiger partial charge in [0.1, 0.15) is 6.10 Å². The number of sulfone groups is 1. The minimum absolute atomic E-state index is 0.0325. The number of likely N-dealkylation sites (tertiary alicyclic amines) is 2. The summed E-state index contributed by atoms with van der Waals surface area (Å²) in [7, 11) is -3.23. The highest BCUT2D eigenvalue weighted by Gasteiger charge is 2.47. The fourth-order valence-electron chi connectivity index (χ4n) is 6.43. The average molecular weight is 568 g/mol. The fraction of sp³-hybridized carbons (Fsp3) is 0.548. The predicted octanol–water partition coefficient (Wildman–Crippen LogP) is 4.70. The predicted molar refractivity (Wildman–Crippen MR) is 153 cm³/mol. The molecule has 1 N–H and O–H groups in total. The summed E-state index contributed by atoms with van der Waals surface area (Å²) in [6, 6.07) is 16.8. The van der Waals surface area contributed by atoms with E-state index in [1.165, 1.54) is 6.26 Å². The van der Waals surface area contributed by atoms with Gasteiger partial charge >= 0.3 is 6.09 Å². The smallest absolute Gasteiger partial charge is 0.407 e. The lowest BCUT2D eigenvalue weighted by Crippen LogP contribution is -2.45. The summed E-state index contributed by atoms with van der Waals surface area (Å²) >= 11 is 0. The molecule has 8 nitrogen and oxygen atoms in total. The number of rotatable bonds is 9. The van der Waals surface area contributed by atoms with Crippen molar-refractivity contribution in [3.63, 3.8) is 0 Å². The Hall–Kier alpha value is -2.91. The molecule has 0 aromatic heterocycles. The highest BCUT2D eigenvalue weighted by atomic mass is 32.2. The second kappa shape index (κ2) is 12.3. The molecule has 9 heteroatoms. The Morgan fingerprint density at radius 3 is 2.30 bits per heavy atom. The molecule has 3 aliphatic rings. The number of nitrogens with zero attached hydrogens (tertiary/aromatic N) is 2. The summed E-state index contributed by atoms with van der Waals surface area (Å²) in [4.78, 5) is 30.8. The molecule has 2 heterocycles. The van der Waals surface area contributed by atoms with Crippen molar-refractivity contribution in [2.75, 3.05) is 32.4 Å². The Balaban J connectivity index is 1.13. The molecular weight excluding hydrogens is 526 g/mol. The van der Waals surface area contributed by atoms with Gasteiger partial charge in [-0.15, -0.1) is 0 Å². The lowest BCUT2D eigenvalue weighted by atomic mass is 9.77. The van der Waals surface area contributed by atoms with Crippen molar-refractivity contribution in [2.45, 2.75) is 75.0 Å². The summed E-state index contributed by atoms with van der Waals surface area (Å²) in [5.74, 6) is 0.220. The van der Waals surface area contributed by atoms with E-state index in [4.69, 9.17) is 4.74 Å². The van der Waals surface area contributed by atoms with E-state index < -0.39 is 9.84 Å². The molecular formula is C31H41N3O5S. The SMILES string of the molecule is CS(=O)(=O)c1ccc(CN2CCC3(CCN(CCC(NC(=O)OC4CCCC4)c4ccccc4)CC3)C2=O)cc1. The standard InChI is InChI=1S/C31H41N3O5S/c1-40(37,38)27-13-11-24(12-14-27)23-34-22-18-31(29(34)35)16-20-33(21-17-31)19-15-28(25-7-3-2-4-8-25)32-30(36)39-26-9-5-6-10-26/h2-4,7-8,11-14,26,28H,5-6,9-10,15-23H2,1H3,(H,32,36). The monoisotopic (exact) mass is 567 g/mol. The molecule has 1 spiro atoms. The zero-order valence-corrected chi connectivity index (χ0v) is 24.2. The molecule has 2 amide bonds. The number of ether oxygens (including phenoxy) is 1. The maximum absolute atomic E-state index is 13.5. The van der Waals surface area contributed by atoms with Gasteiger partial charge in [0.05, 0.1) is 16.4 Å². The van der Waals surface area contributed by atoms with E-state index in [0.717, 1.165) is 88.7 Å². The van der Waals surface area contributed by atoms with E-state index in [1.807, 2.05) is 35.2 Å². The van der Waals surface area contributed by atoms with Crippen molar-refractivity contribution in [3.05, 3.63) is 65.7 Å². The second-order valence-corrected chi connectivity index (χ2v) is 13.7. The maximum Gasteiger partial charge on any atom is 0.407 e. The largest absolute Gasteiger partial charge is 0.446 e. The van der Waals surface area contributed by atoms with Crippen molar-refractivity contribution in [3.8, 4) is 0 Å². The van der Waals surface area contributed by atoms with Crippen LogP contribution >= 0.6 is 0 Å². The number of carbonyl (C=O) groups excluding carboxylic acids is 2. The molecule has 1 aliphatic carbocycles. The number of nitrogens with one attached hydrogen (secondary N) is 1. The van der Waals surface area contributed by atoms with Gasteiger partial charge in [-0.25, -0.2) is 13.2 Å². The van der Waals surface area contributed by atoms with Crippen LogP contribution in [0.1, 0.15) is 68.5 Å². The first-order valence-electron chi connectivity index (χ1n) is 14.5. The summed E-state index contributed by atoms with van der Waals surface area (Å²) in [5, 5.41) is 3.11. The minimum Gasteiger partial charge on any atom is -0.446 e. The Bertz CT molecular complexity index is 1270. The van der Waals surface area contributed by atoms with Gasteiger partial charge in [-0.2, -0.15) is 0 Å². The highest BCUT2D eigenvalue weighted by molar-refractivity contribution is 7.90. The van der Waals surface area contributed by atoms with Crippen molar-refractivity contribution >= 4 is 21.8 Å². The molecule has 1 atom stereocenters. The van der Waals surface area contributed by atoms with Gasteiger partial charge in [0.2, 0.25) is 5.91 Å². The van der Waals surface area contributed by atoms with Crippen molar-refractivity contribution in [2.24, 2.45) is 5.41 Å². The molecule has 40 heavy (non-hydrogen) atoms. The third-order valence-corrected chi connectivity index (χ3v) is 10.1. The zero-order valence-electron chi connectivity index (χ0n) is 23.4. The molecule has 216 valence electrons. The molecule has 0 bridgehead atoms. The van der Waals surface area contributed by atoms with Crippen LogP contribution in [0, 0.1) is 5.41 Å². The molecule has 2 aliphatic heterocycles. The number of hydrogen-bond donors (Lipinski definition) is 1. The van der Waals surface area contributed by atoms with Crippen LogP contribution in [0.15, 0.2) is 59.5 Å². The van der Waals surface area contributed by atoms with Gasteiger partial charge in [0.25, 0.3) is 0 Å². The normalized spacial score (nSPS) is 20.6. The second-order valence-electron chi connectivity index (χ2n) is 11.7. The topological polar surface area (TPSA) is 96.0 Å². The van der Waals surface area contributed by atoms with Gasteiger partial charge in [0, 0.05) is 25.9 Å². The number of benzene rings is 2. The Labute approximate surface area is 238 Å². The maximum atomic E-state index is 13.5. The van der Waals surface area contributed by atoms with Crippen LogP contribution in [0.2, 0.25) is 0 Å². The number of hydrogen-bond acceptors (Lipinski definition) is 6. The molecule has 2 aromatic rings. The van der Waals surface area contributed by atoms with Gasteiger partial charge < -0.3 is 19.9 Å². The van der Waals surface area contributed by atoms with Crippen LogP contribution in [-0.4, -0.2) is 68.8 Å². The van der Waals surface area contributed by atoms with Gasteiger partial charge in [-0.1, -0.05) is 42.5 Å². The molecule has 1 saturated carbocycles. The van der Waals surface area contributed by atoms with Crippen LogP contribution < -0.4 is 5.32 Å². The first kappa shape index (κ1) is 28.6. The summed E-state index contributed by atoms with van der Waals surface area (Å²) < 4.78 is 29.2. The van der Waals surface area contributed by atoms with E-state index in [2.05, 4.69) is 10.2 Å². The number of alkyl carbamates (subject to hydrolysis) is 1. The molecule has 2 aromatic carbocycles. The van der Waals surface area contributed by atoms with Crippen molar-refractivity contribution < 1.29 is 22.7 Å². The number of piperidine rings is 1. The average Bonchev–Trinajstić information content (AvgIpc) is 3.56. The van der Waals surface area contributed by atoms with Crippen LogP contribution in [0.4, 0.5) is 4.79 Å². The third-order valence-electron chi connectivity index (χ3n) is 8.94. The minimum atomic E-state index is -3.23. The van der Waals surface area contributed by atoms with Crippen LogP contribution in [0.3, 0.4) is 0 Å². The Morgan fingerprint density at radius 1 is 1.00 bits per heavy atom. The summed E-state index contributed by atoms with van der Waals surface area (Å²) in [6.07, 6.45) is 8.35. The van der Waals surface area contributed by atoms with Gasteiger partial charge in [-0.05, 0) is 87.7 Å². The van der Waals surface area contributed by atoms with Crippen LogP contribution in [0.5, 0.6) is 0 Å². The van der Waals surface area contributed by atoms with Crippen molar-refractivity contribution in [1.29, 1.82) is 0 Å². The lowest BCUT2D eigenvalue weighted by Gasteiger charge is -2.38. The van der Waals surface area contributed by atoms with E-state index in [9.17, 15) is 18.0 Å². The quantitative estimate of drug-likeness (QED) is 0.472. The molecule has 0 radical (unpaired) electrons. The summed E-state index contributed by atoms with van der Waals surface area (Å²) in [5.41, 5.74) is 1.72. The first-order valence-corrected chi connectivity index (χ1v) is 16.4. The molecule has 1 unspecified atom stereocenters. The number of carbonyl (C=O) groups is 2. The third kappa shape index (κ3) is 6.86. The Kier molecular flexibility index (Phi) is 8.80. The fourth-order valence-corrected chi connectivity index (χ4v) is 7.06. The Morgan fingerprint density at radius 2 is 1.65 bits per heavy atom. The van der Waals surface area contributed by atoms with E-state index in [0.29, 0.717) is 11.4 Å². The van der Waals surface area contributed by atoms with Crippen LogP contribution in [-0.2, 0) is 25.9 Å². The van der Waals surface area contributed by atoms with E-state index >= 15 is 0 Å². The van der Waals surface area contributed by atoms with Gasteiger partial charge in [-0.3, -0.25) is 4.79 Å². The molecule has 3 fully saturated rings. The van der Waals surface area contributed by atoms with Crippen LogP contribution in [0.25, 0.3) is 0 Å². The van der Waals surface area contributed by atoms with E-state index in [1.54, 1.807) is 24.3 Å². The zero-order chi connectivity index (χ0) is 28.2. The number of amides is 2. The molecule has 5 rings (SSSR count). The van der Waals surface area contributed by atoms with E-state index in [-0.39, 0.29) is 29.6 Å². The first-order chi connectivity index (χ1) is 19.2. The lowest BCUT2D eigenvalue weighted by molar-refractivity contribution is -0.138.